The van der Waals surface area contributed by atoms with Gasteiger partial charge >= 0.3 is 0 Å². The van der Waals surface area contributed by atoms with Gasteiger partial charge in [-0.3, -0.25) is 9.69 Å². The monoisotopic (exact) mass is 408 g/mol. The zero-order chi connectivity index (χ0) is 21.2. The summed E-state index contributed by atoms with van der Waals surface area (Å²) in [5.41, 5.74) is 3.29. The van der Waals surface area contributed by atoms with Crippen LogP contribution in [0.4, 0.5) is 0 Å². The van der Waals surface area contributed by atoms with Crippen LogP contribution in [-0.4, -0.2) is 36.5 Å². The number of likely N-dealkylation sites (tertiary alicyclic amines) is 1. The van der Waals surface area contributed by atoms with Crippen LogP contribution in [0.1, 0.15) is 67.4 Å². The van der Waals surface area contributed by atoms with E-state index in [0.717, 1.165) is 30.7 Å². The summed E-state index contributed by atoms with van der Waals surface area (Å²) in [5.74, 6) is 0.915. The molecule has 0 atom stereocenters. The van der Waals surface area contributed by atoms with Crippen molar-refractivity contribution < 1.29 is 9.53 Å². The van der Waals surface area contributed by atoms with Gasteiger partial charge in [-0.2, -0.15) is 0 Å². The van der Waals surface area contributed by atoms with Gasteiger partial charge in [0, 0.05) is 18.7 Å². The molecule has 0 bridgehead atoms. The Balaban J connectivity index is 1.38. The number of carbonyl (C=O) groups is 1. The molecule has 1 N–H and O–H groups in total. The zero-order valence-electron chi connectivity index (χ0n) is 18.5. The first-order valence-corrected chi connectivity index (χ1v) is 11.5. The molecule has 4 nitrogen and oxygen atoms in total. The molecule has 4 heteroatoms. The van der Waals surface area contributed by atoms with Crippen molar-refractivity contribution in [1.82, 2.24) is 10.2 Å². The van der Waals surface area contributed by atoms with E-state index in [4.69, 9.17) is 4.74 Å². The smallest absolute Gasteiger partial charge is 0.251 e. The fourth-order valence-corrected chi connectivity index (χ4v) is 3.92. The molecule has 3 rings (SSSR count). The number of aryl methyl sites for hydroxylation is 1. The maximum atomic E-state index is 12.4. The Bertz CT molecular complexity index is 761. The van der Waals surface area contributed by atoms with Crippen LogP contribution >= 0.6 is 0 Å². The Labute approximate surface area is 181 Å². The highest BCUT2D eigenvalue weighted by molar-refractivity contribution is 5.94. The first-order chi connectivity index (χ1) is 14.6. The lowest BCUT2D eigenvalue weighted by atomic mass is 10.1. The summed E-state index contributed by atoms with van der Waals surface area (Å²) < 4.78 is 5.67. The minimum Gasteiger partial charge on any atom is -0.491 e. The number of amides is 1. The van der Waals surface area contributed by atoms with Crippen LogP contribution in [0.15, 0.2) is 48.5 Å². The van der Waals surface area contributed by atoms with Gasteiger partial charge in [-0.1, -0.05) is 37.1 Å². The molecule has 30 heavy (non-hydrogen) atoms. The average Bonchev–Trinajstić information content (AvgIpc) is 3.01. The lowest BCUT2D eigenvalue weighted by Crippen LogP contribution is -2.25. The van der Waals surface area contributed by atoms with E-state index < -0.39 is 0 Å². The van der Waals surface area contributed by atoms with E-state index >= 15 is 0 Å². The summed E-state index contributed by atoms with van der Waals surface area (Å²) in [6.07, 6.45) is 7.36. The van der Waals surface area contributed by atoms with Crippen LogP contribution < -0.4 is 10.1 Å². The largest absolute Gasteiger partial charge is 0.491 e. The molecule has 1 amide bonds. The first-order valence-electron chi connectivity index (χ1n) is 11.5. The summed E-state index contributed by atoms with van der Waals surface area (Å²) in [6, 6.07) is 16.3. The van der Waals surface area contributed by atoms with Crippen LogP contribution in [0.25, 0.3) is 0 Å². The second-order valence-electron chi connectivity index (χ2n) is 8.56. The van der Waals surface area contributed by atoms with Crippen LogP contribution in [0, 0.1) is 0 Å². The van der Waals surface area contributed by atoms with Crippen LogP contribution in [0.2, 0.25) is 0 Å². The highest BCUT2D eigenvalue weighted by Gasteiger charge is 2.10. The van der Waals surface area contributed by atoms with Crippen molar-refractivity contribution in [2.75, 3.05) is 19.6 Å². The highest BCUT2D eigenvalue weighted by Crippen LogP contribution is 2.15. The molecule has 162 valence electrons. The van der Waals surface area contributed by atoms with Gasteiger partial charge in [0.25, 0.3) is 5.91 Å². The number of carbonyl (C=O) groups excluding carboxylic acids is 1. The van der Waals surface area contributed by atoms with Gasteiger partial charge in [0.2, 0.25) is 0 Å². The van der Waals surface area contributed by atoms with Crippen LogP contribution in [0.5, 0.6) is 5.75 Å². The maximum Gasteiger partial charge on any atom is 0.251 e. The van der Waals surface area contributed by atoms with Gasteiger partial charge < -0.3 is 10.1 Å². The van der Waals surface area contributed by atoms with Crippen molar-refractivity contribution >= 4 is 5.91 Å². The molecule has 2 aromatic rings. The molecule has 1 aliphatic rings. The van der Waals surface area contributed by atoms with Crippen LogP contribution in [0.3, 0.4) is 0 Å². The number of rotatable bonds is 9. The number of benzene rings is 2. The Morgan fingerprint density at radius 2 is 1.57 bits per heavy atom. The molecular formula is C26H36N2O2. The topological polar surface area (TPSA) is 41.6 Å². The van der Waals surface area contributed by atoms with E-state index in [1.807, 2.05) is 38.1 Å². The Morgan fingerprint density at radius 1 is 0.933 bits per heavy atom. The third-order valence-electron chi connectivity index (χ3n) is 5.54. The minimum absolute atomic E-state index is 0.0111. The number of hydrogen-bond donors (Lipinski definition) is 1. The van der Waals surface area contributed by atoms with E-state index in [-0.39, 0.29) is 12.0 Å². The number of ether oxygens (including phenoxy) is 1. The summed E-state index contributed by atoms with van der Waals surface area (Å²) in [7, 11) is 0. The number of nitrogens with one attached hydrogen (secondary N) is 1. The predicted octanol–water partition coefficient (Wildman–Crippen LogP) is 5.21. The normalized spacial score (nSPS) is 15.0. The molecule has 0 aromatic heterocycles. The SMILES string of the molecule is CC(C)Oc1ccc(CCCNC(=O)c2ccc(CN3CCCCCC3)cc2)cc1. The van der Waals surface area contributed by atoms with Crippen molar-refractivity contribution in [3.05, 3.63) is 65.2 Å². The van der Waals surface area contributed by atoms with Gasteiger partial charge in [0.15, 0.2) is 0 Å². The van der Waals surface area contributed by atoms with E-state index in [1.54, 1.807) is 0 Å². The summed E-state index contributed by atoms with van der Waals surface area (Å²) in [6.45, 7) is 8.10. The molecule has 1 saturated heterocycles. The second kappa shape index (κ2) is 11.8. The van der Waals surface area contributed by atoms with E-state index in [0.29, 0.717) is 6.54 Å². The molecule has 0 radical (unpaired) electrons. The Morgan fingerprint density at radius 3 is 2.20 bits per heavy atom. The van der Waals surface area contributed by atoms with Crippen molar-refractivity contribution in [3.63, 3.8) is 0 Å². The van der Waals surface area contributed by atoms with Crippen molar-refractivity contribution in [2.45, 2.75) is 65.0 Å². The van der Waals surface area contributed by atoms with Crippen LogP contribution in [-0.2, 0) is 13.0 Å². The molecule has 1 fully saturated rings. The van der Waals surface area contributed by atoms with Gasteiger partial charge in [-0.25, -0.2) is 0 Å². The van der Waals surface area contributed by atoms with Gasteiger partial charge in [0.1, 0.15) is 5.75 Å². The number of nitrogens with zero attached hydrogens (tertiary/aromatic N) is 1. The highest BCUT2D eigenvalue weighted by atomic mass is 16.5. The fraction of sp³-hybridized carbons (Fsp3) is 0.500. The standard InChI is InChI=1S/C26H36N2O2/c1-21(2)30-25-15-11-22(12-16-25)8-7-17-27-26(29)24-13-9-23(10-14-24)20-28-18-5-3-4-6-19-28/h9-16,21H,3-8,17-20H2,1-2H3,(H,27,29). The molecule has 0 spiro atoms. The van der Waals surface area contributed by atoms with Gasteiger partial charge in [0.05, 0.1) is 6.10 Å². The maximum absolute atomic E-state index is 12.4. The van der Waals surface area contributed by atoms with Crippen molar-refractivity contribution in [1.29, 1.82) is 0 Å². The lowest BCUT2D eigenvalue weighted by Gasteiger charge is -2.19. The summed E-state index contributed by atoms with van der Waals surface area (Å²) in [5, 5.41) is 3.04. The van der Waals surface area contributed by atoms with Crippen molar-refractivity contribution in [3.8, 4) is 5.75 Å². The third-order valence-corrected chi connectivity index (χ3v) is 5.54. The summed E-state index contributed by atoms with van der Waals surface area (Å²) >= 11 is 0. The molecular weight excluding hydrogens is 372 g/mol. The molecule has 0 unspecified atom stereocenters. The van der Waals surface area contributed by atoms with E-state index in [1.165, 1.54) is 49.9 Å². The van der Waals surface area contributed by atoms with E-state index in [9.17, 15) is 4.79 Å². The third kappa shape index (κ3) is 7.49. The first kappa shape index (κ1) is 22.4. The molecule has 2 aromatic carbocycles. The molecule has 0 aliphatic carbocycles. The average molecular weight is 409 g/mol. The number of hydrogen-bond acceptors (Lipinski definition) is 3. The summed E-state index contributed by atoms with van der Waals surface area (Å²) in [4.78, 5) is 14.9. The minimum atomic E-state index is 0.0111. The van der Waals surface area contributed by atoms with E-state index in [2.05, 4.69) is 34.5 Å². The zero-order valence-corrected chi connectivity index (χ0v) is 18.5. The quantitative estimate of drug-likeness (QED) is 0.579. The van der Waals surface area contributed by atoms with Gasteiger partial charge in [-0.05, 0) is 88.0 Å². The van der Waals surface area contributed by atoms with Gasteiger partial charge in [-0.15, -0.1) is 0 Å². The molecule has 1 heterocycles. The lowest BCUT2D eigenvalue weighted by molar-refractivity contribution is 0.0953. The Kier molecular flexibility index (Phi) is 8.76. The fourth-order valence-electron chi connectivity index (χ4n) is 3.92. The molecule has 1 aliphatic heterocycles. The Hall–Kier alpha value is -2.33. The molecule has 0 saturated carbocycles. The predicted molar refractivity (Wildman–Crippen MR) is 123 cm³/mol. The second-order valence-corrected chi connectivity index (χ2v) is 8.56. The van der Waals surface area contributed by atoms with Crippen molar-refractivity contribution in [2.24, 2.45) is 0 Å².